The van der Waals surface area contributed by atoms with Crippen molar-refractivity contribution < 1.29 is 4.74 Å². The van der Waals surface area contributed by atoms with Gasteiger partial charge in [-0.25, -0.2) is 9.97 Å². The maximum Gasteiger partial charge on any atom is 0.140 e. The minimum absolute atomic E-state index is 0.343. The molecule has 0 aliphatic carbocycles. The molecule has 2 aromatic heterocycles. The van der Waals surface area contributed by atoms with Gasteiger partial charge in [-0.15, -0.1) is 11.3 Å². The zero-order chi connectivity index (χ0) is 14.7. The van der Waals surface area contributed by atoms with Gasteiger partial charge in [0.05, 0.1) is 18.1 Å². The number of piperidine rings is 1. The molecule has 2 aromatic rings. The highest BCUT2D eigenvalue weighted by Crippen LogP contribution is 2.31. The summed E-state index contributed by atoms with van der Waals surface area (Å²) in [4.78, 5) is 13.8. The number of nitrogens with zero attached hydrogens (tertiary/aromatic N) is 3. The molecule has 2 N–H and O–H groups in total. The Morgan fingerprint density at radius 3 is 2.90 bits per heavy atom. The van der Waals surface area contributed by atoms with Crippen LogP contribution >= 0.6 is 11.3 Å². The molecule has 3 heterocycles. The van der Waals surface area contributed by atoms with E-state index in [-0.39, 0.29) is 0 Å². The van der Waals surface area contributed by atoms with E-state index < -0.39 is 0 Å². The quantitative estimate of drug-likeness (QED) is 0.917. The van der Waals surface area contributed by atoms with Crippen LogP contribution in [0, 0.1) is 0 Å². The van der Waals surface area contributed by atoms with E-state index in [1.165, 1.54) is 10.3 Å². The Morgan fingerprint density at radius 1 is 1.38 bits per heavy atom. The predicted octanol–water partition coefficient (Wildman–Crippen LogP) is 2.20. The van der Waals surface area contributed by atoms with Crippen molar-refractivity contribution in [1.82, 2.24) is 9.97 Å². The first-order chi connectivity index (χ1) is 10.3. The molecule has 0 radical (unpaired) electrons. The summed E-state index contributed by atoms with van der Waals surface area (Å²) in [6, 6.07) is 2.24. The second kappa shape index (κ2) is 6.68. The molecule has 0 saturated carbocycles. The van der Waals surface area contributed by atoms with E-state index in [0.29, 0.717) is 19.3 Å². The van der Waals surface area contributed by atoms with Crippen LogP contribution in [0.3, 0.4) is 0 Å². The van der Waals surface area contributed by atoms with Crippen LogP contribution in [0.25, 0.3) is 10.2 Å². The van der Waals surface area contributed by atoms with E-state index in [2.05, 4.69) is 27.9 Å². The number of aryl methyl sites for hydroxylation is 1. The third-order valence-electron chi connectivity index (χ3n) is 3.92. The lowest BCUT2D eigenvalue weighted by atomic mass is 10.1. The average Bonchev–Trinajstić information content (AvgIpc) is 2.96. The molecule has 114 valence electrons. The Hall–Kier alpha value is -1.24. The van der Waals surface area contributed by atoms with E-state index in [1.54, 1.807) is 17.7 Å². The Morgan fingerprint density at radius 2 is 2.19 bits per heavy atom. The van der Waals surface area contributed by atoms with Gasteiger partial charge >= 0.3 is 0 Å². The topological polar surface area (TPSA) is 64.3 Å². The lowest BCUT2D eigenvalue weighted by molar-refractivity contribution is 0.0421. The van der Waals surface area contributed by atoms with Crippen LogP contribution in [0.1, 0.15) is 24.6 Å². The van der Waals surface area contributed by atoms with Crippen molar-refractivity contribution in [3.8, 4) is 0 Å². The zero-order valence-corrected chi connectivity index (χ0v) is 13.2. The lowest BCUT2D eigenvalue weighted by Gasteiger charge is -2.32. The van der Waals surface area contributed by atoms with E-state index in [9.17, 15) is 0 Å². The van der Waals surface area contributed by atoms with Crippen molar-refractivity contribution in [2.45, 2.75) is 32.3 Å². The van der Waals surface area contributed by atoms with Gasteiger partial charge in [0.1, 0.15) is 17.0 Å². The molecular weight excluding hydrogens is 284 g/mol. The fourth-order valence-electron chi connectivity index (χ4n) is 2.79. The van der Waals surface area contributed by atoms with Crippen LogP contribution in [0.4, 0.5) is 5.82 Å². The minimum Gasteiger partial charge on any atom is -0.377 e. The van der Waals surface area contributed by atoms with Gasteiger partial charge in [0.15, 0.2) is 0 Å². The highest BCUT2D eigenvalue weighted by Gasteiger charge is 2.22. The number of rotatable bonds is 5. The van der Waals surface area contributed by atoms with Crippen molar-refractivity contribution in [2.24, 2.45) is 5.73 Å². The summed E-state index contributed by atoms with van der Waals surface area (Å²) in [6.45, 7) is 5.41. The maximum atomic E-state index is 5.74. The maximum absolute atomic E-state index is 5.74. The van der Waals surface area contributed by atoms with Gasteiger partial charge in [0.2, 0.25) is 0 Å². The second-order valence-corrected chi connectivity index (χ2v) is 6.44. The molecule has 0 spiro atoms. The molecule has 6 heteroatoms. The van der Waals surface area contributed by atoms with Crippen molar-refractivity contribution >= 4 is 27.4 Å². The predicted molar refractivity (Wildman–Crippen MR) is 87.0 cm³/mol. The number of hydrogen-bond acceptors (Lipinski definition) is 6. The van der Waals surface area contributed by atoms with Crippen LogP contribution in [0.2, 0.25) is 0 Å². The molecule has 1 aliphatic heterocycles. The fraction of sp³-hybridized carbons (Fsp3) is 0.600. The molecule has 0 aromatic carbocycles. The Kier molecular flexibility index (Phi) is 4.67. The van der Waals surface area contributed by atoms with Crippen molar-refractivity contribution in [2.75, 3.05) is 31.1 Å². The molecule has 0 amide bonds. The summed E-state index contributed by atoms with van der Waals surface area (Å²) in [7, 11) is 0. The van der Waals surface area contributed by atoms with Crippen LogP contribution in [0.5, 0.6) is 0 Å². The summed E-state index contributed by atoms with van der Waals surface area (Å²) in [5.41, 5.74) is 5.49. The first-order valence-corrected chi connectivity index (χ1v) is 8.43. The smallest absolute Gasteiger partial charge is 0.140 e. The highest BCUT2D eigenvalue weighted by molar-refractivity contribution is 7.18. The van der Waals surface area contributed by atoms with E-state index in [0.717, 1.165) is 43.0 Å². The second-order valence-electron chi connectivity index (χ2n) is 5.33. The molecule has 0 bridgehead atoms. The van der Waals surface area contributed by atoms with E-state index in [4.69, 9.17) is 10.5 Å². The number of nitrogens with two attached hydrogens (primary N) is 1. The Labute approximate surface area is 129 Å². The first kappa shape index (κ1) is 14.7. The third kappa shape index (κ3) is 3.17. The summed E-state index contributed by atoms with van der Waals surface area (Å²) in [5, 5.41) is 1.20. The van der Waals surface area contributed by atoms with Crippen molar-refractivity contribution in [3.05, 3.63) is 17.3 Å². The van der Waals surface area contributed by atoms with Crippen molar-refractivity contribution in [3.63, 3.8) is 0 Å². The monoisotopic (exact) mass is 306 g/mol. The summed E-state index contributed by atoms with van der Waals surface area (Å²) >= 11 is 1.77. The Bertz CT molecular complexity index is 592. The number of fused-ring (bicyclic) bond motifs is 1. The molecule has 3 rings (SSSR count). The Balaban J connectivity index is 1.74. The average molecular weight is 306 g/mol. The van der Waals surface area contributed by atoms with E-state index in [1.807, 2.05) is 0 Å². The molecule has 1 saturated heterocycles. The molecule has 0 unspecified atom stereocenters. The van der Waals surface area contributed by atoms with Crippen LogP contribution in [0.15, 0.2) is 12.4 Å². The zero-order valence-electron chi connectivity index (χ0n) is 12.4. The first-order valence-electron chi connectivity index (χ1n) is 7.62. The minimum atomic E-state index is 0.343. The van der Waals surface area contributed by atoms with Gasteiger partial charge < -0.3 is 15.4 Å². The molecule has 5 nitrogen and oxygen atoms in total. The summed E-state index contributed by atoms with van der Waals surface area (Å²) in [5.74, 6) is 1.08. The van der Waals surface area contributed by atoms with Gasteiger partial charge in [-0.05, 0) is 25.3 Å². The van der Waals surface area contributed by atoms with Crippen LogP contribution < -0.4 is 10.6 Å². The molecule has 21 heavy (non-hydrogen) atoms. The number of hydrogen-bond donors (Lipinski definition) is 1. The van der Waals surface area contributed by atoms with Crippen molar-refractivity contribution in [1.29, 1.82) is 0 Å². The third-order valence-corrected chi connectivity index (χ3v) is 5.11. The van der Waals surface area contributed by atoms with Gasteiger partial charge in [-0.1, -0.05) is 6.92 Å². The number of anilines is 1. The standard InChI is InChI=1S/C15H22N4OS/c1-2-12-9-13-14(17-10-18-15(13)21-12)19-6-3-11(4-7-19)20-8-5-16/h9-11H,2-8,16H2,1H3. The summed E-state index contributed by atoms with van der Waals surface area (Å²) in [6.07, 6.45) is 5.16. The van der Waals surface area contributed by atoms with Gasteiger partial charge in [0, 0.05) is 24.5 Å². The number of aromatic nitrogens is 2. The normalized spacial score (nSPS) is 16.8. The highest BCUT2D eigenvalue weighted by atomic mass is 32.1. The SMILES string of the molecule is CCc1cc2c(N3CCC(OCCN)CC3)ncnc2s1. The molecule has 0 atom stereocenters. The number of ether oxygens (including phenoxy) is 1. The van der Waals surface area contributed by atoms with E-state index >= 15 is 0 Å². The van der Waals surface area contributed by atoms with Gasteiger partial charge in [-0.3, -0.25) is 0 Å². The lowest BCUT2D eigenvalue weighted by Crippen LogP contribution is -2.38. The van der Waals surface area contributed by atoms with Gasteiger partial charge in [-0.2, -0.15) is 0 Å². The van der Waals surface area contributed by atoms with Crippen LogP contribution in [-0.2, 0) is 11.2 Å². The fourth-order valence-corrected chi connectivity index (χ4v) is 3.72. The summed E-state index contributed by atoms with van der Waals surface area (Å²) < 4.78 is 5.74. The number of thiophene rings is 1. The molecule has 1 fully saturated rings. The van der Waals surface area contributed by atoms with Crippen LogP contribution in [-0.4, -0.2) is 42.3 Å². The van der Waals surface area contributed by atoms with Gasteiger partial charge in [0.25, 0.3) is 0 Å². The largest absolute Gasteiger partial charge is 0.377 e. The molecule has 1 aliphatic rings. The molecular formula is C15H22N4OS.